The summed E-state index contributed by atoms with van der Waals surface area (Å²) in [4.78, 5) is 37.1. The third-order valence-electron chi connectivity index (χ3n) is 4.48. The lowest BCUT2D eigenvalue weighted by Crippen LogP contribution is -2.54. The van der Waals surface area contributed by atoms with Crippen molar-refractivity contribution in [1.29, 1.82) is 0 Å². The highest BCUT2D eigenvalue weighted by Gasteiger charge is 2.28. The van der Waals surface area contributed by atoms with Gasteiger partial charge in [-0.3, -0.25) is 9.59 Å². The van der Waals surface area contributed by atoms with Crippen LogP contribution in [0, 0.1) is 5.92 Å². The average Bonchev–Trinajstić information content (AvgIpc) is 2.65. The van der Waals surface area contributed by atoms with Gasteiger partial charge in [0.2, 0.25) is 11.8 Å². The van der Waals surface area contributed by atoms with Gasteiger partial charge in [0.25, 0.3) is 0 Å². The van der Waals surface area contributed by atoms with Gasteiger partial charge in [0, 0.05) is 51.8 Å². The molecular weight excluding hydrogens is 414 g/mol. The Labute approximate surface area is 181 Å². The molecule has 1 aliphatic heterocycles. The minimum atomic E-state index is -0.108. The van der Waals surface area contributed by atoms with Crippen molar-refractivity contribution in [2.45, 2.75) is 38.4 Å². The van der Waals surface area contributed by atoms with Gasteiger partial charge in [-0.1, -0.05) is 37.2 Å². The molecule has 2 rings (SSSR count). The Morgan fingerprint density at radius 3 is 2.79 bits per heavy atom. The molecule has 1 aliphatic rings. The zero-order chi connectivity index (χ0) is 21.4. The highest BCUT2D eigenvalue weighted by Crippen LogP contribution is 2.24. The first kappa shape index (κ1) is 23.7. The molecule has 1 atom stereocenters. The van der Waals surface area contributed by atoms with Gasteiger partial charge >= 0.3 is 0 Å². The van der Waals surface area contributed by atoms with E-state index < -0.39 is 0 Å². The predicted molar refractivity (Wildman–Crippen MR) is 115 cm³/mol. The number of amides is 2. The van der Waals surface area contributed by atoms with Crippen LogP contribution in [0.1, 0.15) is 27.2 Å². The largest absolute Gasteiger partial charge is 0.383 e. The molecule has 0 saturated carbocycles. The van der Waals surface area contributed by atoms with E-state index in [1.165, 1.54) is 11.8 Å². The van der Waals surface area contributed by atoms with Gasteiger partial charge in [-0.2, -0.15) is 0 Å². The molecule has 0 aliphatic carbocycles. The van der Waals surface area contributed by atoms with E-state index in [0.29, 0.717) is 55.4 Å². The van der Waals surface area contributed by atoms with Crippen molar-refractivity contribution in [3.05, 3.63) is 11.2 Å². The number of aromatic nitrogens is 2. The van der Waals surface area contributed by atoms with E-state index in [2.05, 4.69) is 34.0 Å². The number of nitrogens with zero attached hydrogens (tertiary/aromatic N) is 4. The van der Waals surface area contributed by atoms with Crippen LogP contribution in [0.25, 0.3) is 0 Å². The number of thioether (sulfide) groups is 1. The average molecular weight is 444 g/mol. The Morgan fingerprint density at radius 2 is 2.14 bits per heavy atom. The topological polar surface area (TPSA) is 87.7 Å². The first-order valence-electron chi connectivity index (χ1n) is 9.77. The summed E-state index contributed by atoms with van der Waals surface area (Å²) in [5, 5.41) is 3.55. The molecule has 1 fully saturated rings. The van der Waals surface area contributed by atoms with E-state index in [4.69, 9.17) is 16.3 Å². The number of ether oxygens (including phenoxy) is 1. The second-order valence-corrected chi connectivity index (χ2v) is 8.77. The van der Waals surface area contributed by atoms with Crippen LogP contribution in [0.4, 0.5) is 5.82 Å². The van der Waals surface area contributed by atoms with Crippen molar-refractivity contribution in [2.75, 3.05) is 50.5 Å². The maximum absolute atomic E-state index is 12.4. The molecule has 1 aromatic heterocycles. The molecule has 0 aromatic carbocycles. The molecule has 8 nitrogen and oxygen atoms in total. The number of methoxy groups -OCH3 is 1. The van der Waals surface area contributed by atoms with Crippen LogP contribution in [0.3, 0.4) is 0 Å². The molecule has 29 heavy (non-hydrogen) atoms. The standard InChI is InChI=1S/C19H30ClN5O3S/c1-13(2)9-18(27)25-7-6-24(11-14(25)3)16-10-15(20)22-19(23-16)29-12-17(26)21-5-8-28-4/h10,13-14H,5-9,11-12H2,1-4H3,(H,21,26). The van der Waals surface area contributed by atoms with E-state index >= 15 is 0 Å². The van der Waals surface area contributed by atoms with Crippen LogP contribution >= 0.6 is 23.4 Å². The number of rotatable bonds is 9. The zero-order valence-corrected chi connectivity index (χ0v) is 19.1. The monoisotopic (exact) mass is 443 g/mol. The number of carbonyl (C=O) groups excluding carboxylic acids is 2. The maximum atomic E-state index is 12.4. The molecular formula is C19H30ClN5O3S. The molecule has 2 heterocycles. The zero-order valence-electron chi connectivity index (χ0n) is 17.5. The summed E-state index contributed by atoms with van der Waals surface area (Å²) in [7, 11) is 1.59. The van der Waals surface area contributed by atoms with Crippen molar-refractivity contribution >= 4 is 41.0 Å². The van der Waals surface area contributed by atoms with E-state index in [0.717, 1.165) is 5.82 Å². The SMILES string of the molecule is COCCNC(=O)CSc1nc(Cl)cc(N2CCN(C(=O)CC(C)C)C(C)C2)n1. The summed E-state index contributed by atoms with van der Waals surface area (Å²) in [6, 6.07) is 1.81. The quantitative estimate of drug-likeness (QED) is 0.270. The van der Waals surface area contributed by atoms with Crippen molar-refractivity contribution < 1.29 is 14.3 Å². The van der Waals surface area contributed by atoms with Crippen LogP contribution in [0.2, 0.25) is 5.15 Å². The van der Waals surface area contributed by atoms with Crippen LogP contribution in [-0.2, 0) is 14.3 Å². The highest BCUT2D eigenvalue weighted by atomic mass is 35.5. The fourth-order valence-electron chi connectivity index (χ4n) is 3.09. The predicted octanol–water partition coefficient (Wildman–Crippen LogP) is 2.07. The molecule has 1 saturated heterocycles. The lowest BCUT2D eigenvalue weighted by atomic mass is 10.1. The highest BCUT2D eigenvalue weighted by molar-refractivity contribution is 7.99. The molecule has 0 spiro atoms. The lowest BCUT2D eigenvalue weighted by molar-refractivity contribution is -0.134. The lowest BCUT2D eigenvalue weighted by Gasteiger charge is -2.40. The van der Waals surface area contributed by atoms with Gasteiger partial charge in [-0.05, 0) is 12.8 Å². The van der Waals surface area contributed by atoms with Crippen molar-refractivity contribution in [1.82, 2.24) is 20.2 Å². The minimum absolute atomic E-state index is 0.0893. The second kappa shape index (κ2) is 11.6. The van der Waals surface area contributed by atoms with Crippen LogP contribution in [0.5, 0.6) is 0 Å². The van der Waals surface area contributed by atoms with Gasteiger partial charge in [0.15, 0.2) is 5.16 Å². The van der Waals surface area contributed by atoms with Gasteiger partial charge < -0.3 is 19.9 Å². The molecule has 0 bridgehead atoms. The molecule has 162 valence electrons. The first-order valence-corrected chi connectivity index (χ1v) is 11.1. The van der Waals surface area contributed by atoms with E-state index in [1.807, 2.05) is 11.8 Å². The molecule has 1 unspecified atom stereocenters. The third-order valence-corrected chi connectivity index (χ3v) is 5.52. The summed E-state index contributed by atoms with van der Waals surface area (Å²) in [6.07, 6.45) is 0.566. The number of piperazine rings is 1. The molecule has 0 radical (unpaired) electrons. The van der Waals surface area contributed by atoms with E-state index in [-0.39, 0.29) is 23.6 Å². The smallest absolute Gasteiger partial charge is 0.230 e. The summed E-state index contributed by atoms with van der Waals surface area (Å²) >= 11 is 7.43. The summed E-state index contributed by atoms with van der Waals surface area (Å²) in [6.45, 7) is 9.11. The van der Waals surface area contributed by atoms with Crippen molar-refractivity contribution in [3.63, 3.8) is 0 Å². The van der Waals surface area contributed by atoms with E-state index in [1.54, 1.807) is 13.2 Å². The fraction of sp³-hybridized carbons (Fsp3) is 0.684. The number of hydrogen-bond acceptors (Lipinski definition) is 7. The first-order chi connectivity index (χ1) is 13.8. The normalized spacial score (nSPS) is 17.0. The van der Waals surface area contributed by atoms with Gasteiger partial charge in [-0.15, -0.1) is 0 Å². The Kier molecular flexibility index (Phi) is 9.45. The van der Waals surface area contributed by atoms with Crippen LogP contribution in [-0.4, -0.2) is 78.4 Å². The fourth-order valence-corrected chi connectivity index (χ4v) is 4.00. The van der Waals surface area contributed by atoms with Crippen molar-refractivity contribution in [2.24, 2.45) is 5.92 Å². The Bertz CT molecular complexity index is 706. The number of nitrogens with one attached hydrogen (secondary N) is 1. The molecule has 1 aromatic rings. The Hall–Kier alpha value is -1.58. The van der Waals surface area contributed by atoms with Crippen molar-refractivity contribution in [3.8, 4) is 0 Å². The van der Waals surface area contributed by atoms with Crippen LogP contribution in [0.15, 0.2) is 11.2 Å². The van der Waals surface area contributed by atoms with Gasteiger partial charge in [0.1, 0.15) is 11.0 Å². The van der Waals surface area contributed by atoms with Crippen LogP contribution < -0.4 is 10.2 Å². The van der Waals surface area contributed by atoms with E-state index in [9.17, 15) is 9.59 Å². The molecule has 1 N–H and O–H groups in total. The summed E-state index contributed by atoms with van der Waals surface area (Å²) in [5.74, 6) is 1.36. The van der Waals surface area contributed by atoms with Gasteiger partial charge in [0.05, 0.1) is 12.4 Å². The number of halogens is 1. The Morgan fingerprint density at radius 1 is 1.38 bits per heavy atom. The van der Waals surface area contributed by atoms with Gasteiger partial charge in [-0.25, -0.2) is 9.97 Å². The maximum Gasteiger partial charge on any atom is 0.230 e. The second-order valence-electron chi connectivity index (χ2n) is 7.44. The summed E-state index contributed by atoms with van der Waals surface area (Å²) < 4.78 is 4.91. The number of hydrogen-bond donors (Lipinski definition) is 1. The molecule has 10 heteroatoms. The summed E-state index contributed by atoms with van der Waals surface area (Å²) in [5.41, 5.74) is 0. The molecule has 2 amide bonds. The Balaban J connectivity index is 1.96. The third kappa shape index (κ3) is 7.64. The minimum Gasteiger partial charge on any atom is -0.383 e. The number of carbonyl (C=O) groups is 2. The number of anilines is 1.